The first kappa shape index (κ1) is 11.9. The lowest BCUT2D eigenvalue weighted by atomic mass is 9.97. The number of benzene rings is 1. The van der Waals surface area contributed by atoms with E-state index >= 15 is 0 Å². The van der Waals surface area contributed by atoms with Crippen LogP contribution in [0, 0.1) is 5.92 Å². The molecule has 0 saturated carbocycles. The van der Waals surface area contributed by atoms with E-state index in [-0.39, 0.29) is 5.92 Å². The summed E-state index contributed by atoms with van der Waals surface area (Å²) in [6.45, 7) is 2.62. The lowest BCUT2D eigenvalue weighted by Crippen LogP contribution is -2.15. The molecule has 0 amide bonds. The second-order valence-corrected chi connectivity index (χ2v) is 3.81. The first-order valence-electron chi connectivity index (χ1n) is 5.29. The predicted molar refractivity (Wildman–Crippen MR) is 60.8 cm³/mol. The molecule has 15 heavy (non-hydrogen) atoms. The lowest BCUT2D eigenvalue weighted by Gasteiger charge is -2.09. The van der Waals surface area contributed by atoms with Crippen LogP contribution in [0.25, 0.3) is 0 Å². The zero-order valence-electron chi connectivity index (χ0n) is 9.40. The largest absolute Gasteiger partial charge is 0.385 e. The molecule has 0 aromatic heterocycles. The molecule has 1 aromatic carbocycles. The van der Waals surface area contributed by atoms with Crippen LogP contribution in [0.5, 0.6) is 0 Å². The van der Waals surface area contributed by atoms with E-state index in [0.717, 1.165) is 12.0 Å². The van der Waals surface area contributed by atoms with Gasteiger partial charge in [0.1, 0.15) is 5.78 Å². The fourth-order valence-electron chi connectivity index (χ4n) is 1.43. The molecule has 0 aliphatic rings. The smallest absolute Gasteiger partial charge is 0.140 e. The zero-order chi connectivity index (χ0) is 11.1. The number of carbonyl (C=O) groups is 1. The summed E-state index contributed by atoms with van der Waals surface area (Å²) in [5.74, 6) is 0.378. The summed E-state index contributed by atoms with van der Waals surface area (Å²) in [6, 6.07) is 9.86. The first-order chi connectivity index (χ1) is 7.24. The van der Waals surface area contributed by atoms with Gasteiger partial charge in [0.15, 0.2) is 0 Å². The topological polar surface area (TPSA) is 26.3 Å². The first-order valence-corrected chi connectivity index (χ1v) is 5.29. The van der Waals surface area contributed by atoms with Crippen molar-refractivity contribution in [3.8, 4) is 0 Å². The molecule has 0 aliphatic heterocycles. The van der Waals surface area contributed by atoms with Crippen LogP contribution in [0.4, 0.5) is 0 Å². The summed E-state index contributed by atoms with van der Waals surface area (Å²) >= 11 is 0. The van der Waals surface area contributed by atoms with E-state index in [1.165, 1.54) is 0 Å². The van der Waals surface area contributed by atoms with Gasteiger partial charge in [0.05, 0.1) is 0 Å². The standard InChI is InChI=1S/C13H18O2/c1-11(8-9-15-2)13(14)10-12-6-4-3-5-7-12/h3-7,11H,8-10H2,1-2H3. The summed E-state index contributed by atoms with van der Waals surface area (Å²) in [4.78, 5) is 11.8. The maximum Gasteiger partial charge on any atom is 0.140 e. The average Bonchev–Trinajstić information content (AvgIpc) is 2.27. The van der Waals surface area contributed by atoms with Crippen molar-refractivity contribution in [2.45, 2.75) is 19.8 Å². The Morgan fingerprint density at radius 2 is 2.00 bits per heavy atom. The third-order valence-corrected chi connectivity index (χ3v) is 2.53. The molecular formula is C13H18O2. The van der Waals surface area contributed by atoms with Crippen LogP contribution < -0.4 is 0 Å². The van der Waals surface area contributed by atoms with E-state index in [2.05, 4.69) is 0 Å². The van der Waals surface area contributed by atoms with Gasteiger partial charge in [-0.1, -0.05) is 37.3 Å². The molecule has 0 radical (unpaired) electrons. The Labute approximate surface area is 91.3 Å². The minimum Gasteiger partial charge on any atom is -0.385 e. The second-order valence-electron chi connectivity index (χ2n) is 3.81. The minimum atomic E-state index is 0.0881. The van der Waals surface area contributed by atoms with Gasteiger partial charge < -0.3 is 4.74 Å². The Kier molecular flexibility index (Phi) is 5.05. The summed E-state index contributed by atoms with van der Waals surface area (Å²) < 4.78 is 4.96. The van der Waals surface area contributed by atoms with Gasteiger partial charge >= 0.3 is 0 Å². The highest BCUT2D eigenvalue weighted by Gasteiger charge is 2.12. The SMILES string of the molecule is COCCC(C)C(=O)Cc1ccccc1. The van der Waals surface area contributed by atoms with Crippen molar-refractivity contribution in [3.05, 3.63) is 35.9 Å². The zero-order valence-corrected chi connectivity index (χ0v) is 9.40. The predicted octanol–water partition coefficient (Wildman–Crippen LogP) is 2.47. The molecule has 0 fully saturated rings. The maximum atomic E-state index is 11.8. The molecule has 0 spiro atoms. The molecule has 1 atom stereocenters. The summed E-state index contributed by atoms with van der Waals surface area (Å²) in [6.07, 6.45) is 1.34. The van der Waals surface area contributed by atoms with E-state index in [1.54, 1.807) is 7.11 Å². The van der Waals surface area contributed by atoms with Crippen molar-refractivity contribution in [1.29, 1.82) is 0 Å². The van der Waals surface area contributed by atoms with Gasteiger partial charge in [0.2, 0.25) is 0 Å². The maximum absolute atomic E-state index is 11.8. The fourth-order valence-corrected chi connectivity index (χ4v) is 1.43. The molecule has 82 valence electrons. The number of hydrogen-bond acceptors (Lipinski definition) is 2. The van der Waals surface area contributed by atoms with Crippen molar-refractivity contribution in [1.82, 2.24) is 0 Å². The third-order valence-electron chi connectivity index (χ3n) is 2.53. The Morgan fingerprint density at radius 3 is 2.60 bits per heavy atom. The van der Waals surface area contributed by atoms with Crippen molar-refractivity contribution in [2.24, 2.45) is 5.92 Å². The molecule has 2 nitrogen and oxygen atoms in total. The van der Waals surface area contributed by atoms with Crippen LogP contribution in [-0.4, -0.2) is 19.5 Å². The van der Waals surface area contributed by atoms with Crippen molar-refractivity contribution in [2.75, 3.05) is 13.7 Å². The quantitative estimate of drug-likeness (QED) is 0.714. The minimum absolute atomic E-state index is 0.0881. The monoisotopic (exact) mass is 206 g/mol. The molecule has 0 saturated heterocycles. The van der Waals surface area contributed by atoms with Crippen LogP contribution in [0.15, 0.2) is 30.3 Å². The highest BCUT2D eigenvalue weighted by molar-refractivity contribution is 5.82. The van der Waals surface area contributed by atoms with E-state index < -0.39 is 0 Å². The lowest BCUT2D eigenvalue weighted by molar-refractivity contribution is -0.122. The molecule has 0 N–H and O–H groups in total. The van der Waals surface area contributed by atoms with E-state index in [1.807, 2.05) is 37.3 Å². The Morgan fingerprint density at radius 1 is 1.33 bits per heavy atom. The van der Waals surface area contributed by atoms with E-state index in [0.29, 0.717) is 18.8 Å². The van der Waals surface area contributed by atoms with Crippen LogP contribution in [0.1, 0.15) is 18.9 Å². The number of ketones is 1. The summed E-state index contributed by atoms with van der Waals surface area (Å²) in [5.41, 5.74) is 1.09. The van der Waals surface area contributed by atoms with Gasteiger partial charge in [-0.15, -0.1) is 0 Å². The van der Waals surface area contributed by atoms with Crippen molar-refractivity contribution >= 4 is 5.78 Å². The molecule has 1 unspecified atom stereocenters. The molecular weight excluding hydrogens is 188 g/mol. The number of hydrogen-bond donors (Lipinski definition) is 0. The molecule has 1 rings (SSSR count). The molecule has 0 aliphatic carbocycles. The van der Waals surface area contributed by atoms with Gasteiger partial charge in [-0.3, -0.25) is 4.79 Å². The number of methoxy groups -OCH3 is 1. The van der Waals surface area contributed by atoms with Crippen molar-refractivity contribution < 1.29 is 9.53 Å². The van der Waals surface area contributed by atoms with Gasteiger partial charge in [0, 0.05) is 26.1 Å². The normalized spacial score (nSPS) is 12.4. The number of rotatable bonds is 6. The Hall–Kier alpha value is -1.15. The molecule has 2 heteroatoms. The third kappa shape index (κ3) is 4.26. The fraction of sp³-hybridized carbons (Fsp3) is 0.462. The number of ether oxygens (including phenoxy) is 1. The number of Topliss-reactive ketones (excluding diaryl/α,β-unsaturated/α-hetero) is 1. The van der Waals surface area contributed by atoms with Gasteiger partial charge in [-0.25, -0.2) is 0 Å². The highest BCUT2D eigenvalue weighted by Crippen LogP contribution is 2.09. The average molecular weight is 206 g/mol. The molecule has 0 heterocycles. The van der Waals surface area contributed by atoms with Crippen LogP contribution >= 0.6 is 0 Å². The highest BCUT2D eigenvalue weighted by atomic mass is 16.5. The van der Waals surface area contributed by atoms with Gasteiger partial charge in [-0.05, 0) is 12.0 Å². The molecule has 1 aromatic rings. The van der Waals surface area contributed by atoms with Crippen LogP contribution in [-0.2, 0) is 16.0 Å². The van der Waals surface area contributed by atoms with Crippen LogP contribution in [0.3, 0.4) is 0 Å². The number of carbonyl (C=O) groups excluding carboxylic acids is 1. The molecule has 0 bridgehead atoms. The van der Waals surface area contributed by atoms with Crippen LogP contribution in [0.2, 0.25) is 0 Å². The summed E-state index contributed by atoms with van der Waals surface area (Å²) in [7, 11) is 1.66. The Bertz CT molecular complexity index is 293. The summed E-state index contributed by atoms with van der Waals surface area (Å²) in [5, 5.41) is 0. The van der Waals surface area contributed by atoms with E-state index in [4.69, 9.17) is 4.74 Å². The van der Waals surface area contributed by atoms with E-state index in [9.17, 15) is 4.79 Å². The van der Waals surface area contributed by atoms with Crippen molar-refractivity contribution in [3.63, 3.8) is 0 Å². The van der Waals surface area contributed by atoms with Gasteiger partial charge in [0.25, 0.3) is 0 Å². The second kappa shape index (κ2) is 6.36. The van der Waals surface area contributed by atoms with Gasteiger partial charge in [-0.2, -0.15) is 0 Å². The Balaban J connectivity index is 2.42.